The van der Waals surface area contributed by atoms with Gasteiger partial charge < -0.3 is 4.74 Å². The van der Waals surface area contributed by atoms with Gasteiger partial charge in [-0.2, -0.15) is 0 Å². The van der Waals surface area contributed by atoms with E-state index in [4.69, 9.17) is 4.74 Å². The van der Waals surface area contributed by atoms with E-state index in [-0.39, 0.29) is 37.4 Å². The maximum Gasteiger partial charge on any atom is 0.0631 e. The maximum absolute atomic E-state index is 5.92. The summed E-state index contributed by atoms with van der Waals surface area (Å²) in [5.74, 6) is 0. The molecule has 0 rings (SSSR count). The summed E-state index contributed by atoms with van der Waals surface area (Å²) < 4.78 is 5.92. The molecule has 1 nitrogen and oxygen atoms in total. The second-order valence-corrected chi connectivity index (χ2v) is 4.33. The molecule has 0 saturated heterocycles. The third-order valence-electron chi connectivity index (χ3n) is 2.26. The van der Waals surface area contributed by atoms with Crippen LogP contribution in [0.25, 0.3) is 0 Å². The maximum atomic E-state index is 5.92. The molecule has 0 bridgehead atoms. The molecule has 0 aromatic heterocycles. The first-order valence-electron chi connectivity index (χ1n) is 4.53. The zero-order valence-electron chi connectivity index (χ0n) is 9.32. The first-order chi connectivity index (χ1) is 4.83. The number of hydrogen-bond acceptors (Lipinski definition) is 1. The minimum absolute atomic E-state index is 0. The standard InChI is InChI=1S/C10H22O.Zr/c1-7-9(3,4)11-10(5,6)8-2;/h7-8H2,1-6H3;. The summed E-state index contributed by atoms with van der Waals surface area (Å²) in [5.41, 5.74) is 0.0546. The van der Waals surface area contributed by atoms with Crippen LogP contribution in [0.1, 0.15) is 54.4 Å². The van der Waals surface area contributed by atoms with Crippen LogP contribution in [0.2, 0.25) is 0 Å². The van der Waals surface area contributed by atoms with Crippen molar-refractivity contribution in [3.63, 3.8) is 0 Å². The van der Waals surface area contributed by atoms with Crippen LogP contribution < -0.4 is 0 Å². The molecular weight excluding hydrogens is 227 g/mol. The van der Waals surface area contributed by atoms with Crippen LogP contribution in [0.3, 0.4) is 0 Å². The quantitative estimate of drug-likeness (QED) is 0.742. The zero-order valence-corrected chi connectivity index (χ0v) is 11.8. The van der Waals surface area contributed by atoms with Crippen molar-refractivity contribution in [2.24, 2.45) is 0 Å². The first kappa shape index (κ1) is 15.3. The molecule has 72 valence electrons. The van der Waals surface area contributed by atoms with E-state index in [2.05, 4.69) is 41.5 Å². The Morgan fingerprint density at radius 2 is 1.08 bits per heavy atom. The molecule has 0 heterocycles. The van der Waals surface area contributed by atoms with Crippen LogP contribution in [0.15, 0.2) is 0 Å². The van der Waals surface area contributed by atoms with Gasteiger partial charge >= 0.3 is 0 Å². The Bertz CT molecular complexity index is 105. The van der Waals surface area contributed by atoms with E-state index in [1.54, 1.807) is 0 Å². The van der Waals surface area contributed by atoms with Gasteiger partial charge in [0.2, 0.25) is 0 Å². The summed E-state index contributed by atoms with van der Waals surface area (Å²) in [6, 6.07) is 0. The van der Waals surface area contributed by atoms with Crippen LogP contribution in [-0.2, 0) is 30.9 Å². The molecule has 12 heavy (non-hydrogen) atoms. The smallest absolute Gasteiger partial charge is 0.0631 e. The molecule has 0 aromatic carbocycles. The molecule has 0 saturated carbocycles. The largest absolute Gasteiger partial charge is 0.370 e. The van der Waals surface area contributed by atoms with E-state index in [0.29, 0.717) is 0 Å². The monoisotopic (exact) mass is 248 g/mol. The van der Waals surface area contributed by atoms with E-state index in [1.165, 1.54) is 0 Å². The number of ether oxygens (including phenoxy) is 1. The third-order valence-corrected chi connectivity index (χ3v) is 2.26. The Kier molecular flexibility index (Phi) is 7.08. The minimum atomic E-state index is 0. The summed E-state index contributed by atoms with van der Waals surface area (Å²) >= 11 is 0. The van der Waals surface area contributed by atoms with Crippen LogP contribution in [0.5, 0.6) is 0 Å². The van der Waals surface area contributed by atoms with E-state index in [9.17, 15) is 0 Å². The Morgan fingerprint density at radius 3 is 1.25 bits per heavy atom. The molecule has 0 amide bonds. The summed E-state index contributed by atoms with van der Waals surface area (Å²) in [5, 5.41) is 0. The van der Waals surface area contributed by atoms with Crippen LogP contribution in [-0.4, -0.2) is 11.2 Å². The molecule has 0 spiro atoms. The molecule has 0 atom stereocenters. The fourth-order valence-electron chi connectivity index (χ4n) is 0.892. The summed E-state index contributed by atoms with van der Waals surface area (Å²) in [6.07, 6.45) is 2.13. The minimum Gasteiger partial charge on any atom is -0.370 e. The van der Waals surface area contributed by atoms with Gasteiger partial charge in [0.25, 0.3) is 0 Å². The first-order valence-corrected chi connectivity index (χ1v) is 4.53. The Labute approximate surface area is 96.4 Å². The molecular formula is C10H22OZr. The summed E-state index contributed by atoms with van der Waals surface area (Å²) in [6.45, 7) is 12.9. The van der Waals surface area contributed by atoms with Crippen molar-refractivity contribution in [3.05, 3.63) is 0 Å². The van der Waals surface area contributed by atoms with Gasteiger partial charge in [-0.3, -0.25) is 0 Å². The van der Waals surface area contributed by atoms with E-state index in [1.807, 2.05) is 0 Å². The van der Waals surface area contributed by atoms with Gasteiger partial charge in [-0.25, -0.2) is 0 Å². The third kappa shape index (κ3) is 6.37. The number of rotatable bonds is 4. The predicted molar refractivity (Wildman–Crippen MR) is 49.8 cm³/mol. The van der Waals surface area contributed by atoms with Gasteiger partial charge in [0.05, 0.1) is 11.2 Å². The van der Waals surface area contributed by atoms with E-state index < -0.39 is 0 Å². The average Bonchev–Trinajstić information content (AvgIpc) is 1.86. The van der Waals surface area contributed by atoms with Gasteiger partial charge in [0, 0.05) is 26.2 Å². The normalized spacial score (nSPS) is 12.5. The molecule has 0 aromatic rings. The summed E-state index contributed by atoms with van der Waals surface area (Å²) in [4.78, 5) is 0. The van der Waals surface area contributed by atoms with E-state index >= 15 is 0 Å². The fraction of sp³-hybridized carbons (Fsp3) is 1.00. The molecule has 0 radical (unpaired) electrons. The van der Waals surface area contributed by atoms with Crippen molar-refractivity contribution in [1.29, 1.82) is 0 Å². The molecule has 2 heteroatoms. The predicted octanol–water partition coefficient (Wildman–Crippen LogP) is 3.38. The van der Waals surface area contributed by atoms with Crippen LogP contribution in [0.4, 0.5) is 0 Å². The van der Waals surface area contributed by atoms with Crippen molar-refractivity contribution >= 4 is 0 Å². The van der Waals surface area contributed by atoms with Gasteiger partial charge in [-0.05, 0) is 40.5 Å². The molecule has 0 unspecified atom stereocenters. The van der Waals surface area contributed by atoms with Crippen molar-refractivity contribution in [3.8, 4) is 0 Å². The average molecular weight is 250 g/mol. The van der Waals surface area contributed by atoms with Crippen molar-refractivity contribution < 1.29 is 30.9 Å². The molecule has 0 aliphatic heterocycles. The van der Waals surface area contributed by atoms with Gasteiger partial charge in [0.15, 0.2) is 0 Å². The molecule has 0 N–H and O–H groups in total. The second-order valence-electron chi connectivity index (χ2n) is 4.33. The van der Waals surface area contributed by atoms with Crippen LogP contribution >= 0.6 is 0 Å². The van der Waals surface area contributed by atoms with Gasteiger partial charge in [-0.15, -0.1) is 0 Å². The molecule has 0 aliphatic rings. The van der Waals surface area contributed by atoms with Crippen molar-refractivity contribution in [1.82, 2.24) is 0 Å². The Hall–Kier alpha value is 0.843. The summed E-state index contributed by atoms with van der Waals surface area (Å²) in [7, 11) is 0. The Morgan fingerprint density at radius 1 is 0.833 bits per heavy atom. The zero-order chi connectivity index (χ0) is 9.12. The SMILES string of the molecule is CCC(C)(C)OC(C)(C)CC.[Zr]. The fourth-order valence-corrected chi connectivity index (χ4v) is 0.892. The van der Waals surface area contributed by atoms with Crippen LogP contribution in [0, 0.1) is 0 Å². The molecule has 0 fully saturated rings. The second kappa shape index (κ2) is 5.55. The number of hydrogen-bond donors (Lipinski definition) is 0. The van der Waals surface area contributed by atoms with E-state index in [0.717, 1.165) is 12.8 Å². The topological polar surface area (TPSA) is 9.23 Å². The molecule has 0 aliphatic carbocycles. The van der Waals surface area contributed by atoms with Crippen molar-refractivity contribution in [2.45, 2.75) is 65.6 Å². The van der Waals surface area contributed by atoms with Gasteiger partial charge in [0.1, 0.15) is 0 Å². The van der Waals surface area contributed by atoms with Gasteiger partial charge in [-0.1, -0.05) is 13.8 Å². The Balaban J connectivity index is 0. The van der Waals surface area contributed by atoms with Crippen molar-refractivity contribution in [2.75, 3.05) is 0 Å².